The van der Waals surface area contributed by atoms with Crippen LogP contribution >= 0.6 is 0 Å². The molecule has 0 atom stereocenters. The van der Waals surface area contributed by atoms with E-state index in [-0.39, 0.29) is 5.56 Å². The minimum absolute atomic E-state index is 0.0530. The summed E-state index contributed by atoms with van der Waals surface area (Å²) in [5.41, 5.74) is 3.87. The average Bonchev–Trinajstić information content (AvgIpc) is 2.65. The molecule has 0 radical (unpaired) electrons. The predicted molar refractivity (Wildman–Crippen MR) is 105 cm³/mol. The molecule has 4 rings (SSSR count). The molecule has 3 aromatic rings. The summed E-state index contributed by atoms with van der Waals surface area (Å²) in [6.07, 6.45) is 1.86. The quantitative estimate of drug-likeness (QED) is 0.791. The maximum atomic E-state index is 12.4. The summed E-state index contributed by atoms with van der Waals surface area (Å²) in [6.45, 7) is 7.28. The lowest BCUT2D eigenvalue weighted by Gasteiger charge is -2.32. The molecule has 1 aliphatic rings. The van der Waals surface area contributed by atoms with E-state index in [1.807, 2.05) is 43.5 Å². The number of nitrogens with one attached hydrogen (secondary N) is 1. The summed E-state index contributed by atoms with van der Waals surface area (Å²) in [5.74, 6) is 0. The maximum Gasteiger partial charge on any atom is 0.256 e. The molecule has 0 aliphatic carbocycles. The first-order chi connectivity index (χ1) is 12.6. The lowest BCUT2D eigenvalue weighted by Crippen LogP contribution is -2.43. The molecule has 1 aliphatic heterocycles. The van der Waals surface area contributed by atoms with Crippen LogP contribution in [0.2, 0.25) is 0 Å². The highest BCUT2D eigenvalue weighted by Crippen LogP contribution is 2.22. The Labute approximate surface area is 153 Å². The normalized spacial score (nSPS) is 16.2. The zero-order valence-electron chi connectivity index (χ0n) is 15.3. The number of pyridine rings is 2. The molecule has 26 heavy (non-hydrogen) atoms. The van der Waals surface area contributed by atoms with E-state index in [1.54, 1.807) is 0 Å². The Kier molecular flexibility index (Phi) is 4.57. The molecule has 0 amide bonds. The first kappa shape index (κ1) is 16.9. The molecule has 1 fully saturated rings. The van der Waals surface area contributed by atoms with E-state index in [4.69, 9.17) is 0 Å². The monoisotopic (exact) mass is 348 g/mol. The van der Waals surface area contributed by atoms with Crippen molar-refractivity contribution >= 4 is 10.8 Å². The van der Waals surface area contributed by atoms with Crippen LogP contribution in [-0.4, -0.2) is 53.0 Å². The molecular formula is C21H24N4O. The molecule has 5 heteroatoms. The van der Waals surface area contributed by atoms with Gasteiger partial charge in [0.15, 0.2) is 0 Å². The van der Waals surface area contributed by atoms with Crippen LogP contribution in [0.5, 0.6) is 0 Å². The lowest BCUT2D eigenvalue weighted by molar-refractivity contribution is 0.147. The number of aromatic amines is 1. The van der Waals surface area contributed by atoms with Gasteiger partial charge in [-0.3, -0.25) is 14.7 Å². The first-order valence-electron chi connectivity index (χ1n) is 9.09. The molecule has 1 saturated heterocycles. The fourth-order valence-corrected chi connectivity index (χ4v) is 3.51. The number of benzene rings is 1. The van der Waals surface area contributed by atoms with E-state index in [0.29, 0.717) is 0 Å². The Morgan fingerprint density at radius 2 is 1.88 bits per heavy atom. The standard InChI is InChI=1S/C21H24N4O/c1-15-4-3-5-18-19(15)12-20(23-21(18)26)16-6-7-17(22-13-16)14-25-10-8-24(2)9-11-25/h3-7,12-13H,8-11,14H2,1-2H3,(H,23,26). The van der Waals surface area contributed by atoms with Crippen LogP contribution < -0.4 is 5.56 Å². The Balaban J connectivity index is 1.58. The van der Waals surface area contributed by atoms with E-state index >= 15 is 0 Å². The van der Waals surface area contributed by atoms with Crippen LogP contribution in [0.1, 0.15) is 11.3 Å². The molecule has 2 aromatic heterocycles. The smallest absolute Gasteiger partial charge is 0.256 e. The van der Waals surface area contributed by atoms with E-state index in [2.05, 4.69) is 32.9 Å². The highest BCUT2D eigenvalue weighted by molar-refractivity contribution is 5.87. The van der Waals surface area contributed by atoms with Crippen molar-refractivity contribution < 1.29 is 0 Å². The molecule has 0 spiro atoms. The molecule has 3 heterocycles. The molecular weight excluding hydrogens is 324 g/mol. The van der Waals surface area contributed by atoms with Gasteiger partial charge in [-0.15, -0.1) is 0 Å². The predicted octanol–water partition coefficient (Wildman–Crippen LogP) is 2.65. The van der Waals surface area contributed by atoms with Crippen molar-refractivity contribution in [2.24, 2.45) is 0 Å². The Morgan fingerprint density at radius 1 is 1.08 bits per heavy atom. The van der Waals surface area contributed by atoms with Crippen molar-refractivity contribution in [1.82, 2.24) is 19.8 Å². The van der Waals surface area contributed by atoms with Crippen LogP contribution in [0, 0.1) is 6.92 Å². The molecule has 0 unspecified atom stereocenters. The SMILES string of the molecule is Cc1cccc2c(=O)[nH]c(-c3ccc(CN4CCN(C)CC4)nc3)cc12. The molecule has 1 aromatic carbocycles. The summed E-state index contributed by atoms with van der Waals surface area (Å²) in [4.78, 5) is 24.8. The van der Waals surface area contributed by atoms with E-state index in [0.717, 1.165) is 66.0 Å². The van der Waals surface area contributed by atoms with Crippen LogP contribution in [0.4, 0.5) is 0 Å². The molecule has 0 saturated carbocycles. The van der Waals surface area contributed by atoms with E-state index in [9.17, 15) is 4.79 Å². The summed E-state index contributed by atoms with van der Waals surface area (Å²) in [5, 5.41) is 1.72. The van der Waals surface area contributed by atoms with Gasteiger partial charge in [-0.1, -0.05) is 12.1 Å². The van der Waals surface area contributed by atoms with Crippen LogP contribution in [0.25, 0.3) is 22.0 Å². The number of piperazine rings is 1. The second-order valence-corrected chi connectivity index (χ2v) is 7.17. The fraction of sp³-hybridized carbons (Fsp3) is 0.333. The van der Waals surface area contributed by atoms with E-state index < -0.39 is 0 Å². The summed E-state index contributed by atoms with van der Waals surface area (Å²) < 4.78 is 0. The fourth-order valence-electron chi connectivity index (χ4n) is 3.51. The third-order valence-corrected chi connectivity index (χ3v) is 5.22. The van der Waals surface area contributed by atoms with Crippen LogP contribution in [0.15, 0.2) is 47.4 Å². The van der Waals surface area contributed by atoms with E-state index in [1.165, 1.54) is 0 Å². The topological polar surface area (TPSA) is 52.2 Å². The second kappa shape index (κ2) is 7.02. The van der Waals surface area contributed by atoms with Gasteiger partial charge in [0.2, 0.25) is 0 Å². The van der Waals surface area contributed by atoms with Gasteiger partial charge in [0, 0.05) is 49.9 Å². The van der Waals surface area contributed by atoms with Gasteiger partial charge in [0.1, 0.15) is 0 Å². The number of aromatic nitrogens is 2. The number of hydrogen-bond acceptors (Lipinski definition) is 4. The van der Waals surface area contributed by atoms with Crippen LogP contribution in [-0.2, 0) is 6.54 Å². The van der Waals surface area contributed by atoms with Crippen molar-refractivity contribution in [2.45, 2.75) is 13.5 Å². The summed E-state index contributed by atoms with van der Waals surface area (Å²) >= 11 is 0. The second-order valence-electron chi connectivity index (χ2n) is 7.17. The number of aryl methyl sites for hydroxylation is 1. The summed E-state index contributed by atoms with van der Waals surface area (Å²) in [7, 11) is 2.16. The molecule has 1 N–H and O–H groups in total. The average molecular weight is 348 g/mol. The molecule has 0 bridgehead atoms. The van der Waals surface area contributed by atoms with Gasteiger partial charge in [-0.25, -0.2) is 0 Å². The Bertz CT molecular complexity index is 969. The highest BCUT2D eigenvalue weighted by Gasteiger charge is 2.14. The third-order valence-electron chi connectivity index (χ3n) is 5.22. The molecule has 134 valence electrons. The van der Waals surface area contributed by atoms with Gasteiger partial charge in [0.05, 0.1) is 11.4 Å². The highest BCUT2D eigenvalue weighted by atomic mass is 16.1. The minimum atomic E-state index is -0.0530. The summed E-state index contributed by atoms with van der Waals surface area (Å²) in [6, 6.07) is 12.0. The van der Waals surface area contributed by atoms with Crippen molar-refractivity contribution in [3.8, 4) is 11.3 Å². The largest absolute Gasteiger partial charge is 0.321 e. The minimum Gasteiger partial charge on any atom is -0.321 e. The van der Waals surface area contributed by atoms with Crippen LogP contribution in [0.3, 0.4) is 0 Å². The van der Waals surface area contributed by atoms with Gasteiger partial charge in [-0.2, -0.15) is 0 Å². The number of likely N-dealkylation sites (N-methyl/N-ethyl adjacent to an activating group) is 1. The van der Waals surface area contributed by atoms with Crippen molar-refractivity contribution in [3.63, 3.8) is 0 Å². The first-order valence-corrected chi connectivity index (χ1v) is 9.09. The zero-order chi connectivity index (χ0) is 18.1. The number of nitrogens with zero attached hydrogens (tertiary/aromatic N) is 3. The van der Waals surface area contributed by atoms with Crippen molar-refractivity contribution in [3.05, 3.63) is 64.2 Å². The third kappa shape index (κ3) is 3.41. The number of rotatable bonds is 3. The maximum absolute atomic E-state index is 12.4. The number of hydrogen-bond donors (Lipinski definition) is 1. The Hall–Kier alpha value is -2.50. The van der Waals surface area contributed by atoms with Crippen molar-refractivity contribution in [2.75, 3.05) is 33.2 Å². The number of fused-ring (bicyclic) bond motifs is 1. The number of H-pyrrole nitrogens is 1. The van der Waals surface area contributed by atoms with Gasteiger partial charge in [-0.05, 0) is 49.2 Å². The van der Waals surface area contributed by atoms with Gasteiger partial charge in [0.25, 0.3) is 5.56 Å². The lowest BCUT2D eigenvalue weighted by atomic mass is 10.0. The van der Waals surface area contributed by atoms with Crippen molar-refractivity contribution in [1.29, 1.82) is 0 Å². The van der Waals surface area contributed by atoms with Gasteiger partial charge < -0.3 is 9.88 Å². The van der Waals surface area contributed by atoms with Gasteiger partial charge >= 0.3 is 0 Å². The Morgan fingerprint density at radius 3 is 2.62 bits per heavy atom. The zero-order valence-corrected chi connectivity index (χ0v) is 15.3. The molecule has 5 nitrogen and oxygen atoms in total.